The molecular formula is C28H20ClNO7. The van der Waals surface area contributed by atoms with Crippen molar-refractivity contribution in [3.05, 3.63) is 88.4 Å². The zero-order chi connectivity index (χ0) is 26.1. The van der Waals surface area contributed by atoms with Gasteiger partial charge in [0.2, 0.25) is 29.0 Å². The molecule has 2 heterocycles. The van der Waals surface area contributed by atoms with E-state index in [0.29, 0.717) is 27.8 Å². The summed E-state index contributed by atoms with van der Waals surface area (Å²) in [7, 11) is 2.96. The van der Waals surface area contributed by atoms with Gasteiger partial charge in [0, 0.05) is 16.1 Å². The standard InChI is InChI=1S/C28H20ClNO7/c1-35-19-12-7-14(13-20(19)36-2)23-21-22(27(34)30(26(21)33)16-10-8-15(29)9-11-16)28(37-23)24(31)17-5-3-4-6-18(17)25(28)32/h3-13,21-23H,1-2H3/t21-,22-,23-/m0/s1. The molecule has 0 unspecified atom stereocenters. The molecule has 2 saturated heterocycles. The lowest BCUT2D eigenvalue weighted by Crippen LogP contribution is -2.51. The second kappa shape index (κ2) is 8.26. The first-order valence-electron chi connectivity index (χ1n) is 11.5. The van der Waals surface area contributed by atoms with E-state index in [1.165, 1.54) is 26.4 Å². The second-order valence-corrected chi connectivity index (χ2v) is 9.52. The number of benzene rings is 3. The number of amides is 2. The molecule has 0 bridgehead atoms. The Morgan fingerprint density at radius 2 is 1.43 bits per heavy atom. The number of ether oxygens (including phenoxy) is 3. The van der Waals surface area contributed by atoms with Crippen LogP contribution in [0.3, 0.4) is 0 Å². The zero-order valence-corrected chi connectivity index (χ0v) is 20.5. The number of nitrogens with zero attached hydrogens (tertiary/aromatic N) is 1. The third-order valence-corrected chi connectivity index (χ3v) is 7.59. The van der Waals surface area contributed by atoms with Crippen LogP contribution in [0.15, 0.2) is 66.7 Å². The Hall–Kier alpha value is -4.01. The molecule has 8 nitrogen and oxygen atoms in total. The van der Waals surface area contributed by atoms with Gasteiger partial charge in [0.25, 0.3) is 0 Å². The molecule has 0 N–H and O–H groups in total. The summed E-state index contributed by atoms with van der Waals surface area (Å²) in [5, 5.41) is 0.433. The van der Waals surface area contributed by atoms with Crippen LogP contribution in [0.25, 0.3) is 0 Å². The number of carbonyl (C=O) groups is 4. The number of ketones is 2. The van der Waals surface area contributed by atoms with Crippen molar-refractivity contribution in [3.63, 3.8) is 0 Å². The van der Waals surface area contributed by atoms with E-state index < -0.39 is 46.9 Å². The lowest BCUT2D eigenvalue weighted by Gasteiger charge is -2.27. The SMILES string of the molecule is COc1ccc([C@@H]2OC3(C(=O)c4ccccc4C3=O)[C@@H]3C(=O)N(c4ccc(Cl)cc4)C(=O)[C@@H]32)cc1OC. The maximum absolute atomic E-state index is 13.9. The number of halogens is 1. The summed E-state index contributed by atoms with van der Waals surface area (Å²) >= 11 is 6.01. The number of methoxy groups -OCH3 is 2. The molecule has 9 heteroatoms. The Balaban J connectivity index is 1.54. The van der Waals surface area contributed by atoms with Crippen molar-refractivity contribution in [2.45, 2.75) is 11.7 Å². The lowest BCUT2D eigenvalue weighted by atomic mass is 9.77. The highest BCUT2D eigenvalue weighted by Gasteiger charge is 2.74. The third kappa shape index (κ3) is 3.06. The second-order valence-electron chi connectivity index (χ2n) is 9.08. The minimum atomic E-state index is -2.15. The van der Waals surface area contributed by atoms with Crippen LogP contribution >= 0.6 is 11.6 Å². The molecule has 3 aliphatic rings. The molecule has 2 aliphatic heterocycles. The maximum Gasteiger partial charge on any atom is 0.241 e. The smallest absolute Gasteiger partial charge is 0.241 e. The Labute approximate surface area is 216 Å². The highest BCUT2D eigenvalue weighted by Crippen LogP contribution is 2.58. The first kappa shape index (κ1) is 23.4. The Morgan fingerprint density at radius 1 is 0.811 bits per heavy atom. The highest BCUT2D eigenvalue weighted by molar-refractivity contribution is 6.37. The van der Waals surface area contributed by atoms with Crippen LogP contribution in [-0.2, 0) is 14.3 Å². The van der Waals surface area contributed by atoms with Crippen molar-refractivity contribution in [1.82, 2.24) is 0 Å². The van der Waals surface area contributed by atoms with Crippen molar-refractivity contribution in [2.75, 3.05) is 19.1 Å². The molecule has 0 aromatic heterocycles. The van der Waals surface area contributed by atoms with E-state index in [1.54, 1.807) is 54.6 Å². The molecule has 1 aliphatic carbocycles. The van der Waals surface area contributed by atoms with Crippen molar-refractivity contribution in [2.24, 2.45) is 11.8 Å². The van der Waals surface area contributed by atoms with Gasteiger partial charge in [0.05, 0.1) is 37.8 Å². The van der Waals surface area contributed by atoms with Gasteiger partial charge in [0.15, 0.2) is 11.5 Å². The summed E-state index contributed by atoms with van der Waals surface area (Å²) in [6, 6.07) is 17.5. The Bertz CT molecular complexity index is 1460. The van der Waals surface area contributed by atoms with Crippen LogP contribution in [0.2, 0.25) is 5.02 Å². The first-order valence-corrected chi connectivity index (χ1v) is 11.9. The van der Waals surface area contributed by atoms with Crippen molar-refractivity contribution in [1.29, 1.82) is 0 Å². The summed E-state index contributed by atoms with van der Waals surface area (Å²) < 4.78 is 17.0. The van der Waals surface area contributed by atoms with E-state index in [2.05, 4.69) is 0 Å². The fourth-order valence-corrected chi connectivity index (χ4v) is 5.82. The summed E-state index contributed by atoms with van der Waals surface area (Å²) in [4.78, 5) is 56.5. The molecule has 3 aromatic carbocycles. The largest absolute Gasteiger partial charge is 0.493 e. The van der Waals surface area contributed by atoms with Crippen molar-refractivity contribution >= 4 is 40.7 Å². The minimum absolute atomic E-state index is 0.171. The highest BCUT2D eigenvalue weighted by atomic mass is 35.5. The van der Waals surface area contributed by atoms with E-state index in [9.17, 15) is 19.2 Å². The van der Waals surface area contributed by atoms with Crippen LogP contribution in [0.4, 0.5) is 5.69 Å². The van der Waals surface area contributed by atoms with Gasteiger partial charge in [0.1, 0.15) is 0 Å². The predicted octanol–water partition coefficient (Wildman–Crippen LogP) is 4.05. The average molecular weight is 518 g/mol. The van der Waals surface area contributed by atoms with E-state index in [4.69, 9.17) is 25.8 Å². The van der Waals surface area contributed by atoms with E-state index >= 15 is 0 Å². The Morgan fingerprint density at radius 3 is 2.03 bits per heavy atom. The number of imide groups is 1. The van der Waals surface area contributed by atoms with Gasteiger partial charge < -0.3 is 14.2 Å². The van der Waals surface area contributed by atoms with Gasteiger partial charge in [-0.15, -0.1) is 0 Å². The van der Waals surface area contributed by atoms with E-state index in [-0.39, 0.29) is 11.1 Å². The number of anilines is 1. The van der Waals surface area contributed by atoms with E-state index in [1.807, 2.05) is 0 Å². The average Bonchev–Trinajstić information content (AvgIpc) is 3.49. The van der Waals surface area contributed by atoms with Crippen molar-refractivity contribution < 1.29 is 33.4 Å². The number of rotatable bonds is 4. The monoisotopic (exact) mass is 517 g/mol. The molecular weight excluding hydrogens is 498 g/mol. The predicted molar refractivity (Wildman–Crippen MR) is 132 cm³/mol. The molecule has 3 aromatic rings. The van der Waals surface area contributed by atoms with Gasteiger partial charge >= 0.3 is 0 Å². The lowest BCUT2D eigenvalue weighted by molar-refractivity contribution is -0.127. The minimum Gasteiger partial charge on any atom is -0.493 e. The molecule has 0 radical (unpaired) electrons. The number of hydrogen-bond acceptors (Lipinski definition) is 7. The molecule has 1 spiro atoms. The molecule has 2 fully saturated rings. The molecule has 37 heavy (non-hydrogen) atoms. The van der Waals surface area contributed by atoms with Gasteiger partial charge in [-0.05, 0) is 42.0 Å². The van der Waals surface area contributed by atoms with Crippen LogP contribution in [0.1, 0.15) is 32.4 Å². The van der Waals surface area contributed by atoms with Gasteiger partial charge in [-0.25, -0.2) is 4.90 Å². The quantitative estimate of drug-likeness (QED) is 0.380. The fraction of sp³-hybridized carbons (Fsp3) is 0.214. The zero-order valence-electron chi connectivity index (χ0n) is 19.8. The van der Waals surface area contributed by atoms with Crippen LogP contribution in [0, 0.1) is 11.8 Å². The number of fused-ring (bicyclic) bond motifs is 3. The third-order valence-electron chi connectivity index (χ3n) is 7.34. The summed E-state index contributed by atoms with van der Waals surface area (Å²) in [5.74, 6) is -4.12. The molecule has 0 saturated carbocycles. The van der Waals surface area contributed by atoms with Crippen LogP contribution in [0.5, 0.6) is 11.5 Å². The molecule has 3 atom stereocenters. The molecule has 6 rings (SSSR count). The maximum atomic E-state index is 13.9. The molecule has 186 valence electrons. The first-order chi connectivity index (χ1) is 17.8. The topological polar surface area (TPSA) is 99.2 Å². The fourth-order valence-electron chi connectivity index (χ4n) is 5.69. The Kier molecular flexibility index (Phi) is 5.22. The van der Waals surface area contributed by atoms with Crippen LogP contribution < -0.4 is 14.4 Å². The molecule has 2 amide bonds. The number of Topliss-reactive ketones (excluding diaryl/α,β-unsaturated/α-hetero) is 2. The van der Waals surface area contributed by atoms with Gasteiger partial charge in [-0.3, -0.25) is 19.2 Å². The summed E-state index contributed by atoms with van der Waals surface area (Å²) in [6.45, 7) is 0. The van der Waals surface area contributed by atoms with Gasteiger partial charge in [-0.1, -0.05) is 41.9 Å². The van der Waals surface area contributed by atoms with Gasteiger partial charge in [-0.2, -0.15) is 0 Å². The summed E-state index contributed by atoms with van der Waals surface area (Å²) in [5.41, 5.74) is -1.04. The normalized spacial score (nSPS) is 23.5. The summed E-state index contributed by atoms with van der Waals surface area (Å²) in [6.07, 6.45) is -1.07. The number of carbonyl (C=O) groups excluding carboxylic acids is 4. The van der Waals surface area contributed by atoms with Crippen LogP contribution in [-0.4, -0.2) is 43.2 Å². The number of hydrogen-bond donors (Lipinski definition) is 0. The van der Waals surface area contributed by atoms with Crippen molar-refractivity contribution in [3.8, 4) is 11.5 Å². The van der Waals surface area contributed by atoms with E-state index in [0.717, 1.165) is 4.90 Å².